The number of likely N-dealkylation sites (tertiary alicyclic amines) is 1. The van der Waals surface area contributed by atoms with Crippen LogP contribution in [0, 0.1) is 11.3 Å². The standard InChI is InChI=1S/C17H20N2O5/c18-14(20)9-24-13-5-3-11(4-6-13)15(21)19-8-12-2-1-7-17(12,10-19)16(22)23/h3-6,12H,1-2,7-10H2,(H2,18,20)(H,22,23)/t12-,17+/m0/s1. The molecule has 2 amide bonds. The van der Waals surface area contributed by atoms with Gasteiger partial charge >= 0.3 is 5.97 Å². The summed E-state index contributed by atoms with van der Waals surface area (Å²) in [7, 11) is 0. The molecule has 3 rings (SSSR count). The number of nitrogens with zero attached hydrogens (tertiary/aromatic N) is 1. The molecule has 1 aromatic rings. The van der Waals surface area contributed by atoms with Gasteiger partial charge in [-0.1, -0.05) is 6.42 Å². The van der Waals surface area contributed by atoms with Crippen LogP contribution < -0.4 is 10.5 Å². The van der Waals surface area contributed by atoms with Gasteiger partial charge in [0.25, 0.3) is 11.8 Å². The van der Waals surface area contributed by atoms with Gasteiger partial charge in [0.1, 0.15) is 5.75 Å². The highest BCUT2D eigenvalue weighted by Gasteiger charge is 2.55. The number of primary amides is 1. The van der Waals surface area contributed by atoms with Gasteiger partial charge in [-0.05, 0) is 43.0 Å². The number of ether oxygens (including phenoxy) is 1. The van der Waals surface area contributed by atoms with E-state index < -0.39 is 17.3 Å². The predicted molar refractivity (Wildman–Crippen MR) is 84.4 cm³/mol. The average molecular weight is 332 g/mol. The monoisotopic (exact) mass is 332 g/mol. The maximum Gasteiger partial charge on any atom is 0.311 e. The van der Waals surface area contributed by atoms with Crippen molar-refractivity contribution in [3.8, 4) is 5.75 Å². The number of amides is 2. The summed E-state index contributed by atoms with van der Waals surface area (Å²) in [5, 5.41) is 9.59. The van der Waals surface area contributed by atoms with Crippen LogP contribution in [0.1, 0.15) is 29.6 Å². The van der Waals surface area contributed by atoms with Crippen molar-refractivity contribution in [3.63, 3.8) is 0 Å². The first kappa shape index (κ1) is 16.3. The smallest absolute Gasteiger partial charge is 0.311 e. The molecular weight excluding hydrogens is 312 g/mol. The maximum absolute atomic E-state index is 12.6. The summed E-state index contributed by atoms with van der Waals surface area (Å²) >= 11 is 0. The first-order valence-electron chi connectivity index (χ1n) is 7.96. The normalized spacial score (nSPS) is 25.3. The first-order valence-corrected chi connectivity index (χ1v) is 7.96. The van der Waals surface area contributed by atoms with Crippen molar-refractivity contribution < 1.29 is 24.2 Å². The fourth-order valence-electron chi connectivity index (χ4n) is 3.82. The minimum absolute atomic E-state index is 0.0390. The van der Waals surface area contributed by atoms with Crippen LogP contribution in [0.3, 0.4) is 0 Å². The molecule has 1 saturated heterocycles. The van der Waals surface area contributed by atoms with Gasteiger partial charge in [0.2, 0.25) is 0 Å². The Bertz CT molecular complexity index is 672. The fourth-order valence-corrected chi connectivity index (χ4v) is 3.82. The number of hydrogen-bond donors (Lipinski definition) is 2. The molecule has 1 saturated carbocycles. The Kier molecular flexibility index (Phi) is 4.17. The second kappa shape index (κ2) is 6.14. The molecule has 2 atom stereocenters. The summed E-state index contributed by atoms with van der Waals surface area (Å²) in [5.74, 6) is -1.05. The van der Waals surface area contributed by atoms with Crippen LogP contribution in [-0.2, 0) is 9.59 Å². The van der Waals surface area contributed by atoms with Gasteiger partial charge in [-0.3, -0.25) is 14.4 Å². The molecule has 1 aromatic carbocycles. The highest BCUT2D eigenvalue weighted by Crippen LogP contribution is 2.49. The molecule has 3 N–H and O–H groups in total. The molecule has 7 nitrogen and oxygen atoms in total. The summed E-state index contributed by atoms with van der Waals surface area (Å²) in [6.45, 7) is 0.541. The summed E-state index contributed by atoms with van der Waals surface area (Å²) < 4.78 is 5.16. The second-order valence-corrected chi connectivity index (χ2v) is 6.52. The molecule has 0 spiro atoms. The number of carboxylic acid groups (broad SMARTS) is 1. The average Bonchev–Trinajstić information content (AvgIpc) is 3.11. The third-order valence-corrected chi connectivity index (χ3v) is 5.07. The molecule has 0 unspecified atom stereocenters. The van der Waals surface area contributed by atoms with E-state index in [2.05, 4.69) is 0 Å². The van der Waals surface area contributed by atoms with E-state index in [0.717, 1.165) is 12.8 Å². The van der Waals surface area contributed by atoms with Gasteiger partial charge in [-0.25, -0.2) is 0 Å². The van der Waals surface area contributed by atoms with Crippen molar-refractivity contribution >= 4 is 17.8 Å². The SMILES string of the molecule is NC(=O)COc1ccc(C(=O)N2C[C@@H]3CCC[C@@]3(C(=O)O)C2)cc1. The third kappa shape index (κ3) is 2.81. The number of carbonyl (C=O) groups is 3. The molecule has 0 radical (unpaired) electrons. The van der Waals surface area contributed by atoms with E-state index in [-0.39, 0.29) is 25.0 Å². The van der Waals surface area contributed by atoms with Crippen molar-refractivity contribution in [3.05, 3.63) is 29.8 Å². The molecule has 2 aliphatic rings. The number of hydrogen-bond acceptors (Lipinski definition) is 4. The molecule has 0 bridgehead atoms. The minimum Gasteiger partial charge on any atom is -0.484 e. The number of benzene rings is 1. The minimum atomic E-state index is -0.796. The molecule has 1 aliphatic heterocycles. The zero-order valence-electron chi connectivity index (χ0n) is 13.2. The summed E-state index contributed by atoms with van der Waals surface area (Å²) in [4.78, 5) is 36.7. The van der Waals surface area contributed by atoms with Gasteiger partial charge < -0.3 is 20.5 Å². The summed E-state index contributed by atoms with van der Waals surface area (Å²) in [6.07, 6.45) is 2.40. The van der Waals surface area contributed by atoms with E-state index in [9.17, 15) is 19.5 Å². The number of fused-ring (bicyclic) bond motifs is 1. The Hall–Kier alpha value is -2.57. The molecule has 0 aromatic heterocycles. The van der Waals surface area contributed by atoms with E-state index in [4.69, 9.17) is 10.5 Å². The van der Waals surface area contributed by atoms with E-state index in [1.807, 2.05) is 0 Å². The van der Waals surface area contributed by atoms with Crippen LogP contribution in [0.4, 0.5) is 0 Å². The first-order chi connectivity index (χ1) is 11.4. The Morgan fingerprint density at radius 2 is 2.00 bits per heavy atom. The van der Waals surface area contributed by atoms with Crippen molar-refractivity contribution in [2.75, 3.05) is 19.7 Å². The van der Waals surface area contributed by atoms with Crippen LogP contribution in [0.2, 0.25) is 0 Å². The topological polar surface area (TPSA) is 110 Å². The highest BCUT2D eigenvalue weighted by atomic mass is 16.5. The Labute approximate surface area is 139 Å². The fraction of sp³-hybridized carbons (Fsp3) is 0.471. The molecule has 128 valence electrons. The molecule has 7 heteroatoms. The van der Waals surface area contributed by atoms with Gasteiger partial charge in [-0.15, -0.1) is 0 Å². The zero-order chi connectivity index (χ0) is 17.3. The molecule has 1 heterocycles. The van der Waals surface area contributed by atoms with E-state index in [1.54, 1.807) is 29.2 Å². The van der Waals surface area contributed by atoms with Gasteiger partial charge in [0, 0.05) is 18.7 Å². The van der Waals surface area contributed by atoms with E-state index in [1.165, 1.54) is 0 Å². The van der Waals surface area contributed by atoms with E-state index >= 15 is 0 Å². The predicted octanol–water partition coefficient (Wildman–Crippen LogP) is 0.878. The van der Waals surface area contributed by atoms with Gasteiger partial charge in [0.05, 0.1) is 5.41 Å². The Morgan fingerprint density at radius 1 is 1.29 bits per heavy atom. The quantitative estimate of drug-likeness (QED) is 0.831. The van der Waals surface area contributed by atoms with Crippen molar-refractivity contribution in [1.82, 2.24) is 4.90 Å². The lowest BCUT2D eigenvalue weighted by Crippen LogP contribution is -2.37. The van der Waals surface area contributed by atoms with Crippen molar-refractivity contribution in [1.29, 1.82) is 0 Å². The maximum atomic E-state index is 12.6. The van der Waals surface area contributed by atoms with Crippen molar-refractivity contribution in [2.45, 2.75) is 19.3 Å². The molecule has 2 fully saturated rings. The van der Waals surface area contributed by atoms with Crippen LogP contribution in [0.25, 0.3) is 0 Å². The van der Waals surface area contributed by atoms with Crippen LogP contribution in [-0.4, -0.2) is 47.5 Å². The lowest BCUT2D eigenvalue weighted by molar-refractivity contribution is -0.149. The third-order valence-electron chi connectivity index (χ3n) is 5.07. The lowest BCUT2D eigenvalue weighted by Gasteiger charge is -2.23. The Balaban J connectivity index is 1.69. The molecule has 1 aliphatic carbocycles. The molecular formula is C17H20N2O5. The summed E-state index contributed by atoms with van der Waals surface area (Å²) in [6, 6.07) is 6.42. The summed E-state index contributed by atoms with van der Waals surface area (Å²) in [5.41, 5.74) is 4.71. The van der Waals surface area contributed by atoms with E-state index in [0.29, 0.717) is 24.3 Å². The Morgan fingerprint density at radius 3 is 2.58 bits per heavy atom. The number of carboxylic acids is 1. The number of carbonyl (C=O) groups excluding carboxylic acids is 2. The lowest BCUT2D eigenvalue weighted by atomic mass is 9.81. The number of aliphatic carboxylic acids is 1. The van der Waals surface area contributed by atoms with Crippen molar-refractivity contribution in [2.24, 2.45) is 17.1 Å². The largest absolute Gasteiger partial charge is 0.484 e. The molecule has 24 heavy (non-hydrogen) atoms. The van der Waals surface area contributed by atoms with Crippen LogP contribution in [0.15, 0.2) is 24.3 Å². The van der Waals surface area contributed by atoms with Crippen LogP contribution in [0.5, 0.6) is 5.75 Å². The highest BCUT2D eigenvalue weighted by molar-refractivity contribution is 5.95. The van der Waals surface area contributed by atoms with Gasteiger partial charge in [-0.2, -0.15) is 0 Å². The zero-order valence-corrected chi connectivity index (χ0v) is 13.2. The second-order valence-electron chi connectivity index (χ2n) is 6.52. The number of nitrogens with two attached hydrogens (primary N) is 1. The van der Waals surface area contributed by atoms with Crippen LogP contribution >= 0.6 is 0 Å². The number of rotatable bonds is 5. The van der Waals surface area contributed by atoms with Gasteiger partial charge in [0.15, 0.2) is 6.61 Å².